The molecule has 0 fully saturated rings. The Hall–Kier alpha value is -1.32. The van der Waals surface area contributed by atoms with Crippen molar-refractivity contribution in [1.82, 2.24) is 4.90 Å². The van der Waals surface area contributed by atoms with Crippen molar-refractivity contribution in [3.05, 3.63) is 12.7 Å². The Kier molecular flexibility index (Phi) is 6.42. The summed E-state index contributed by atoms with van der Waals surface area (Å²) in [5.41, 5.74) is 0. The molecule has 1 N–H and O–H groups in total. The molecule has 1 unspecified atom stereocenters. The van der Waals surface area contributed by atoms with E-state index >= 15 is 0 Å². The van der Waals surface area contributed by atoms with Gasteiger partial charge in [0.25, 0.3) is 0 Å². The maximum atomic E-state index is 11.6. The summed E-state index contributed by atoms with van der Waals surface area (Å²) < 4.78 is 0. The van der Waals surface area contributed by atoms with Crippen LogP contribution in [-0.4, -0.2) is 34.5 Å². The second-order valence-corrected chi connectivity index (χ2v) is 3.45. The van der Waals surface area contributed by atoms with E-state index < -0.39 is 5.97 Å². The molecule has 86 valence electrons. The summed E-state index contributed by atoms with van der Waals surface area (Å²) in [6, 6.07) is -0.246. The number of hydrogen-bond donors (Lipinski definition) is 1. The Bertz CT molecular complexity index is 238. The van der Waals surface area contributed by atoms with Gasteiger partial charge in [-0.2, -0.15) is 0 Å². The fraction of sp³-hybridized carbons (Fsp3) is 0.636. The largest absolute Gasteiger partial charge is 0.481 e. The van der Waals surface area contributed by atoms with Crippen LogP contribution in [0.1, 0.15) is 33.1 Å². The normalized spacial score (nSPS) is 11.9. The van der Waals surface area contributed by atoms with E-state index in [9.17, 15) is 9.59 Å². The molecule has 0 aliphatic carbocycles. The molecule has 0 saturated heterocycles. The number of allylic oxidation sites excluding steroid dienone is 1. The number of amides is 1. The Labute approximate surface area is 90.6 Å². The van der Waals surface area contributed by atoms with Gasteiger partial charge in [-0.15, -0.1) is 6.58 Å². The third kappa shape index (κ3) is 5.20. The quantitative estimate of drug-likeness (QED) is 0.654. The maximum Gasteiger partial charge on any atom is 0.305 e. The van der Waals surface area contributed by atoms with E-state index in [1.54, 1.807) is 17.9 Å². The van der Waals surface area contributed by atoms with Gasteiger partial charge in [-0.05, 0) is 20.3 Å². The van der Waals surface area contributed by atoms with Gasteiger partial charge >= 0.3 is 5.97 Å². The summed E-state index contributed by atoms with van der Waals surface area (Å²) in [7, 11) is 0. The predicted octanol–water partition coefficient (Wildman–Crippen LogP) is 1.66. The van der Waals surface area contributed by atoms with Crippen molar-refractivity contribution in [2.24, 2.45) is 0 Å². The highest BCUT2D eigenvalue weighted by atomic mass is 16.4. The van der Waals surface area contributed by atoms with Crippen molar-refractivity contribution in [2.45, 2.75) is 39.2 Å². The first-order valence-corrected chi connectivity index (χ1v) is 5.15. The molecule has 0 spiro atoms. The van der Waals surface area contributed by atoms with Crippen molar-refractivity contribution in [1.29, 1.82) is 0 Å². The molecular formula is C11H19NO3. The SMILES string of the molecule is C=CCCC(=O)N(CC)C(C)CC(=O)O. The third-order valence-electron chi connectivity index (χ3n) is 2.23. The van der Waals surface area contributed by atoms with Crippen LogP contribution in [0.5, 0.6) is 0 Å². The van der Waals surface area contributed by atoms with Crippen LogP contribution in [-0.2, 0) is 9.59 Å². The Morgan fingerprint density at radius 1 is 1.53 bits per heavy atom. The summed E-state index contributed by atoms with van der Waals surface area (Å²) in [6.07, 6.45) is 2.72. The highest BCUT2D eigenvalue weighted by molar-refractivity contribution is 5.77. The van der Waals surface area contributed by atoms with E-state index in [-0.39, 0.29) is 18.4 Å². The Morgan fingerprint density at radius 2 is 2.13 bits per heavy atom. The molecule has 0 aliphatic heterocycles. The van der Waals surface area contributed by atoms with Crippen molar-refractivity contribution < 1.29 is 14.7 Å². The molecule has 0 heterocycles. The number of aliphatic carboxylic acids is 1. The molecule has 1 amide bonds. The standard InChI is InChI=1S/C11H19NO3/c1-4-6-7-10(13)12(5-2)9(3)8-11(14)15/h4,9H,1,5-8H2,2-3H3,(H,14,15). The molecule has 0 aromatic heterocycles. The van der Waals surface area contributed by atoms with Crippen LogP contribution < -0.4 is 0 Å². The summed E-state index contributed by atoms with van der Waals surface area (Å²) >= 11 is 0. The zero-order valence-corrected chi connectivity index (χ0v) is 9.40. The van der Waals surface area contributed by atoms with E-state index in [4.69, 9.17) is 5.11 Å². The minimum atomic E-state index is -0.877. The third-order valence-corrected chi connectivity index (χ3v) is 2.23. The minimum Gasteiger partial charge on any atom is -0.481 e. The summed E-state index contributed by atoms with van der Waals surface area (Å²) in [4.78, 5) is 23.7. The first kappa shape index (κ1) is 13.7. The second-order valence-electron chi connectivity index (χ2n) is 3.45. The van der Waals surface area contributed by atoms with Crippen LogP contribution in [0, 0.1) is 0 Å². The monoisotopic (exact) mass is 213 g/mol. The fourth-order valence-electron chi connectivity index (χ4n) is 1.47. The molecule has 0 radical (unpaired) electrons. The van der Waals surface area contributed by atoms with Gasteiger partial charge in [-0.25, -0.2) is 0 Å². The number of hydrogen-bond acceptors (Lipinski definition) is 2. The number of carbonyl (C=O) groups is 2. The predicted molar refractivity (Wildman–Crippen MR) is 58.5 cm³/mol. The molecule has 0 rings (SSSR count). The van der Waals surface area contributed by atoms with Crippen molar-refractivity contribution in [2.75, 3.05) is 6.54 Å². The molecule has 0 aromatic carbocycles. The number of carboxylic acids is 1. The maximum absolute atomic E-state index is 11.6. The first-order valence-electron chi connectivity index (χ1n) is 5.15. The number of carboxylic acid groups (broad SMARTS) is 1. The average Bonchev–Trinajstić information content (AvgIpc) is 2.14. The summed E-state index contributed by atoms with van der Waals surface area (Å²) in [5.74, 6) is -0.886. The molecule has 0 saturated carbocycles. The average molecular weight is 213 g/mol. The van der Waals surface area contributed by atoms with Gasteiger partial charge in [0.05, 0.1) is 6.42 Å². The van der Waals surface area contributed by atoms with Gasteiger partial charge in [-0.1, -0.05) is 6.08 Å². The smallest absolute Gasteiger partial charge is 0.305 e. The molecule has 4 heteroatoms. The van der Waals surface area contributed by atoms with Crippen LogP contribution in [0.4, 0.5) is 0 Å². The molecule has 15 heavy (non-hydrogen) atoms. The van der Waals surface area contributed by atoms with Gasteiger partial charge < -0.3 is 10.0 Å². The zero-order chi connectivity index (χ0) is 11.8. The summed E-state index contributed by atoms with van der Waals surface area (Å²) in [5, 5.41) is 8.63. The minimum absolute atomic E-state index is 0.00628. The summed E-state index contributed by atoms with van der Waals surface area (Å²) in [6.45, 7) is 7.70. The van der Waals surface area contributed by atoms with Crippen molar-refractivity contribution >= 4 is 11.9 Å². The first-order chi connectivity index (χ1) is 7.02. The molecule has 0 bridgehead atoms. The second kappa shape index (κ2) is 7.04. The lowest BCUT2D eigenvalue weighted by Gasteiger charge is -2.26. The van der Waals surface area contributed by atoms with Crippen molar-refractivity contribution in [3.63, 3.8) is 0 Å². The van der Waals surface area contributed by atoms with Crippen LogP contribution >= 0.6 is 0 Å². The van der Waals surface area contributed by atoms with Gasteiger partial charge in [0, 0.05) is 19.0 Å². The highest BCUT2D eigenvalue weighted by Crippen LogP contribution is 2.07. The molecule has 0 aliphatic rings. The van der Waals surface area contributed by atoms with E-state index in [1.165, 1.54) is 0 Å². The lowest BCUT2D eigenvalue weighted by atomic mass is 10.1. The zero-order valence-electron chi connectivity index (χ0n) is 9.40. The van der Waals surface area contributed by atoms with Gasteiger partial charge in [0.15, 0.2) is 0 Å². The lowest BCUT2D eigenvalue weighted by Crippen LogP contribution is -2.39. The molecule has 1 atom stereocenters. The van der Waals surface area contributed by atoms with Crippen molar-refractivity contribution in [3.8, 4) is 0 Å². The van der Waals surface area contributed by atoms with Crippen LogP contribution in [0.25, 0.3) is 0 Å². The molecule has 4 nitrogen and oxygen atoms in total. The number of nitrogens with zero attached hydrogens (tertiary/aromatic N) is 1. The number of carbonyl (C=O) groups excluding carboxylic acids is 1. The fourth-order valence-corrected chi connectivity index (χ4v) is 1.47. The van der Waals surface area contributed by atoms with Gasteiger partial charge in [-0.3, -0.25) is 9.59 Å². The Balaban J connectivity index is 4.26. The lowest BCUT2D eigenvalue weighted by molar-refractivity contribution is -0.140. The topological polar surface area (TPSA) is 57.6 Å². The van der Waals surface area contributed by atoms with E-state index in [1.807, 2.05) is 6.92 Å². The number of rotatable bonds is 7. The van der Waals surface area contributed by atoms with Gasteiger partial charge in [0.2, 0.25) is 5.91 Å². The van der Waals surface area contributed by atoms with Crippen LogP contribution in [0.15, 0.2) is 12.7 Å². The van der Waals surface area contributed by atoms with Crippen LogP contribution in [0.2, 0.25) is 0 Å². The van der Waals surface area contributed by atoms with E-state index in [0.29, 0.717) is 19.4 Å². The Morgan fingerprint density at radius 3 is 2.53 bits per heavy atom. The molecule has 0 aromatic rings. The van der Waals surface area contributed by atoms with Crippen LogP contribution in [0.3, 0.4) is 0 Å². The highest BCUT2D eigenvalue weighted by Gasteiger charge is 2.19. The van der Waals surface area contributed by atoms with E-state index in [2.05, 4.69) is 6.58 Å². The molecular weight excluding hydrogens is 194 g/mol. The van der Waals surface area contributed by atoms with Gasteiger partial charge in [0.1, 0.15) is 0 Å². The van der Waals surface area contributed by atoms with E-state index in [0.717, 1.165) is 0 Å².